The predicted octanol–water partition coefficient (Wildman–Crippen LogP) is 3.39. The molecule has 0 unspecified atom stereocenters. The molecule has 0 spiro atoms. The maximum atomic E-state index is 10.6. The molecule has 0 aliphatic heterocycles. The number of carboxylic acids is 1. The summed E-state index contributed by atoms with van der Waals surface area (Å²) in [6.07, 6.45) is 1.16. The number of carbonyl (C=O) groups is 1. The molecule has 0 saturated carbocycles. The lowest BCUT2D eigenvalue weighted by Gasteiger charge is -2.06. The molecule has 0 atom stereocenters. The Balaban J connectivity index is 2.38. The molecule has 0 bridgehead atoms. The molecule has 19 heavy (non-hydrogen) atoms. The van der Waals surface area contributed by atoms with Crippen molar-refractivity contribution in [2.75, 3.05) is 0 Å². The van der Waals surface area contributed by atoms with E-state index in [1.165, 1.54) is 12.3 Å². The molecular formula is C13H9Cl2NO3. The van der Waals surface area contributed by atoms with E-state index in [1.54, 1.807) is 18.2 Å². The van der Waals surface area contributed by atoms with E-state index in [0.717, 1.165) is 5.56 Å². The first-order chi connectivity index (χ1) is 8.97. The number of aliphatic carboxylic acids is 1. The van der Waals surface area contributed by atoms with Crippen LogP contribution in [0, 0.1) is 0 Å². The third-order valence-corrected chi connectivity index (χ3v) is 3.26. The summed E-state index contributed by atoms with van der Waals surface area (Å²) >= 11 is 11.7. The Kier molecular flexibility index (Phi) is 3.93. The summed E-state index contributed by atoms with van der Waals surface area (Å²) < 4.78 is 0. The third kappa shape index (κ3) is 3.16. The van der Waals surface area contributed by atoms with Crippen LogP contribution in [0.25, 0.3) is 11.1 Å². The Morgan fingerprint density at radius 2 is 1.89 bits per heavy atom. The van der Waals surface area contributed by atoms with Crippen molar-refractivity contribution in [1.82, 2.24) is 4.98 Å². The molecule has 0 saturated heterocycles. The predicted molar refractivity (Wildman–Crippen MR) is 72.7 cm³/mol. The second-order valence-corrected chi connectivity index (χ2v) is 4.70. The molecule has 98 valence electrons. The monoisotopic (exact) mass is 297 g/mol. The summed E-state index contributed by atoms with van der Waals surface area (Å²) in [5.74, 6) is -1.21. The van der Waals surface area contributed by atoms with Gasteiger partial charge in [-0.2, -0.15) is 0 Å². The van der Waals surface area contributed by atoms with E-state index in [-0.39, 0.29) is 17.9 Å². The smallest absolute Gasteiger partial charge is 0.309 e. The lowest BCUT2D eigenvalue weighted by atomic mass is 10.1. The number of hydrogen-bond acceptors (Lipinski definition) is 3. The maximum absolute atomic E-state index is 10.6. The SMILES string of the molecule is O=C(O)Cc1ncc(-c2ccc(Cl)c(Cl)c2)cc1O. The fourth-order valence-electron chi connectivity index (χ4n) is 1.59. The number of rotatable bonds is 3. The Morgan fingerprint density at radius 3 is 2.47 bits per heavy atom. The molecule has 0 amide bonds. The van der Waals surface area contributed by atoms with Gasteiger partial charge in [0.2, 0.25) is 0 Å². The van der Waals surface area contributed by atoms with Gasteiger partial charge in [-0.1, -0.05) is 29.3 Å². The van der Waals surface area contributed by atoms with Crippen LogP contribution in [0.3, 0.4) is 0 Å². The number of benzene rings is 1. The van der Waals surface area contributed by atoms with Gasteiger partial charge in [-0.25, -0.2) is 0 Å². The standard InChI is InChI=1S/C13H9Cl2NO3/c14-9-2-1-7(3-10(9)15)8-4-12(17)11(16-6-8)5-13(18)19/h1-4,6,17H,5H2,(H,18,19). The minimum absolute atomic E-state index is 0.122. The van der Waals surface area contributed by atoms with E-state index in [2.05, 4.69) is 4.98 Å². The van der Waals surface area contributed by atoms with Crippen molar-refractivity contribution < 1.29 is 15.0 Å². The first-order valence-corrected chi connectivity index (χ1v) is 6.08. The molecule has 1 heterocycles. The van der Waals surface area contributed by atoms with Crippen LogP contribution in [0.5, 0.6) is 5.75 Å². The topological polar surface area (TPSA) is 70.4 Å². The van der Waals surface area contributed by atoms with Gasteiger partial charge in [0.05, 0.1) is 22.2 Å². The van der Waals surface area contributed by atoms with Crippen LogP contribution in [-0.4, -0.2) is 21.2 Å². The molecule has 6 heteroatoms. The first kappa shape index (κ1) is 13.6. The van der Waals surface area contributed by atoms with Gasteiger partial charge in [0, 0.05) is 11.8 Å². The van der Waals surface area contributed by atoms with Gasteiger partial charge in [-0.15, -0.1) is 0 Å². The van der Waals surface area contributed by atoms with Crippen molar-refractivity contribution in [2.24, 2.45) is 0 Å². The fraction of sp³-hybridized carbons (Fsp3) is 0.0769. The zero-order valence-electron chi connectivity index (χ0n) is 9.60. The molecule has 2 rings (SSSR count). The number of hydrogen-bond donors (Lipinski definition) is 2. The molecule has 0 aliphatic rings. The van der Waals surface area contributed by atoms with Gasteiger partial charge in [0.15, 0.2) is 0 Å². The number of aromatic nitrogens is 1. The van der Waals surface area contributed by atoms with Gasteiger partial charge in [-0.05, 0) is 23.8 Å². The lowest BCUT2D eigenvalue weighted by molar-refractivity contribution is -0.136. The van der Waals surface area contributed by atoms with E-state index < -0.39 is 5.97 Å². The van der Waals surface area contributed by atoms with Crippen molar-refractivity contribution in [2.45, 2.75) is 6.42 Å². The summed E-state index contributed by atoms with van der Waals surface area (Å²) in [5, 5.41) is 19.2. The van der Waals surface area contributed by atoms with Crippen molar-refractivity contribution in [3.63, 3.8) is 0 Å². The zero-order valence-corrected chi connectivity index (χ0v) is 11.1. The fourth-order valence-corrected chi connectivity index (χ4v) is 1.89. The molecule has 0 radical (unpaired) electrons. The molecule has 2 aromatic rings. The molecule has 1 aromatic heterocycles. The van der Waals surface area contributed by atoms with Crippen LogP contribution >= 0.6 is 23.2 Å². The van der Waals surface area contributed by atoms with Crippen LogP contribution in [0.2, 0.25) is 10.0 Å². The highest BCUT2D eigenvalue weighted by Gasteiger charge is 2.10. The highest BCUT2D eigenvalue weighted by molar-refractivity contribution is 6.42. The second kappa shape index (κ2) is 5.47. The third-order valence-electron chi connectivity index (χ3n) is 2.52. The zero-order chi connectivity index (χ0) is 14.0. The van der Waals surface area contributed by atoms with E-state index in [1.807, 2.05) is 0 Å². The highest BCUT2D eigenvalue weighted by Crippen LogP contribution is 2.30. The number of nitrogens with zero attached hydrogens (tertiary/aromatic N) is 1. The second-order valence-electron chi connectivity index (χ2n) is 3.89. The lowest BCUT2D eigenvalue weighted by Crippen LogP contribution is -2.02. The van der Waals surface area contributed by atoms with E-state index in [4.69, 9.17) is 28.3 Å². The summed E-state index contributed by atoms with van der Waals surface area (Å²) in [5.41, 5.74) is 1.49. The van der Waals surface area contributed by atoms with Crippen molar-refractivity contribution in [3.8, 4) is 16.9 Å². The highest BCUT2D eigenvalue weighted by atomic mass is 35.5. The number of pyridine rings is 1. The molecule has 2 N–H and O–H groups in total. The average molecular weight is 298 g/mol. The van der Waals surface area contributed by atoms with Crippen LogP contribution in [-0.2, 0) is 11.2 Å². The summed E-state index contributed by atoms with van der Waals surface area (Å²) in [6, 6.07) is 6.48. The van der Waals surface area contributed by atoms with Crippen LogP contribution < -0.4 is 0 Å². The van der Waals surface area contributed by atoms with Gasteiger partial charge >= 0.3 is 5.97 Å². The summed E-state index contributed by atoms with van der Waals surface area (Å²) in [4.78, 5) is 14.5. The van der Waals surface area contributed by atoms with Gasteiger partial charge < -0.3 is 10.2 Å². The average Bonchev–Trinajstić information content (AvgIpc) is 2.35. The molecule has 0 aliphatic carbocycles. The van der Waals surface area contributed by atoms with Crippen molar-refractivity contribution in [1.29, 1.82) is 0 Å². The van der Waals surface area contributed by atoms with Crippen LogP contribution in [0.15, 0.2) is 30.5 Å². The van der Waals surface area contributed by atoms with Gasteiger partial charge in [0.1, 0.15) is 5.75 Å². The van der Waals surface area contributed by atoms with Crippen LogP contribution in [0.1, 0.15) is 5.69 Å². The molecule has 4 nitrogen and oxygen atoms in total. The van der Waals surface area contributed by atoms with Gasteiger partial charge in [-0.3, -0.25) is 9.78 Å². The Morgan fingerprint density at radius 1 is 1.16 bits per heavy atom. The van der Waals surface area contributed by atoms with E-state index in [9.17, 15) is 9.90 Å². The summed E-state index contributed by atoms with van der Waals surface area (Å²) in [6.45, 7) is 0. The molecule has 1 aromatic carbocycles. The minimum atomic E-state index is -1.05. The maximum Gasteiger partial charge on any atom is 0.309 e. The normalized spacial score (nSPS) is 10.4. The Bertz CT molecular complexity index is 644. The number of aromatic hydroxyl groups is 1. The Labute approximate surface area is 119 Å². The van der Waals surface area contributed by atoms with E-state index >= 15 is 0 Å². The quantitative estimate of drug-likeness (QED) is 0.911. The van der Waals surface area contributed by atoms with Crippen molar-refractivity contribution >= 4 is 29.2 Å². The number of halogens is 2. The van der Waals surface area contributed by atoms with E-state index in [0.29, 0.717) is 15.6 Å². The van der Waals surface area contributed by atoms with Crippen molar-refractivity contribution in [3.05, 3.63) is 46.2 Å². The first-order valence-electron chi connectivity index (χ1n) is 5.32. The van der Waals surface area contributed by atoms with Crippen LogP contribution in [0.4, 0.5) is 0 Å². The van der Waals surface area contributed by atoms with Gasteiger partial charge in [0.25, 0.3) is 0 Å². The Hall–Kier alpha value is -1.78. The largest absolute Gasteiger partial charge is 0.506 e. The minimum Gasteiger partial charge on any atom is -0.506 e. The summed E-state index contributed by atoms with van der Waals surface area (Å²) in [7, 11) is 0. The molecular weight excluding hydrogens is 289 g/mol. The number of carboxylic acid groups (broad SMARTS) is 1. The molecule has 0 fully saturated rings.